The third kappa shape index (κ3) is 8.47. The molecule has 0 saturated carbocycles. The molecule has 2 aliphatic rings. The number of carbonyl (C=O) groups excluding carboxylic acids is 1. The molecule has 13 heteroatoms. The van der Waals surface area contributed by atoms with E-state index in [2.05, 4.69) is 9.97 Å². The number of piperidine rings is 2. The maximum absolute atomic E-state index is 15.1. The molecule has 0 atom stereocenters. The number of hydrogen-bond donors (Lipinski definition) is 0. The first-order valence-corrected chi connectivity index (χ1v) is 14.3. The van der Waals surface area contributed by atoms with Gasteiger partial charge in [-0.1, -0.05) is 12.1 Å². The van der Waals surface area contributed by atoms with Gasteiger partial charge in [-0.2, -0.15) is 13.2 Å². The first-order valence-electron chi connectivity index (χ1n) is 14.3. The summed E-state index contributed by atoms with van der Waals surface area (Å²) in [5.41, 5.74) is 2.57. The number of nitrogens with zero attached hydrogens (tertiary/aromatic N) is 4. The van der Waals surface area contributed by atoms with Crippen LogP contribution in [0.15, 0.2) is 42.5 Å². The van der Waals surface area contributed by atoms with Gasteiger partial charge in [-0.15, -0.1) is 0 Å². The minimum Gasteiger partial charge on any atom is -0.550 e. The summed E-state index contributed by atoms with van der Waals surface area (Å²) in [5, 5.41) is 11.2. The zero-order valence-electron chi connectivity index (χ0n) is 24.7. The van der Waals surface area contributed by atoms with Crippen molar-refractivity contribution in [3.05, 3.63) is 71.1 Å². The largest absolute Gasteiger partial charge is 1.00 e. The molecule has 0 N–H and O–H groups in total. The van der Waals surface area contributed by atoms with Gasteiger partial charge < -0.3 is 19.5 Å². The molecule has 2 saturated heterocycles. The van der Waals surface area contributed by atoms with Crippen LogP contribution < -0.4 is 44.3 Å². The number of aromatic nitrogens is 2. The summed E-state index contributed by atoms with van der Waals surface area (Å²) in [6.07, 6.45) is -2.24. The van der Waals surface area contributed by atoms with Crippen molar-refractivity contribution in [1.82, 2.24) is 14.9 Å². The molecular formula is C31H32F5N4NaO3. The van der Waals surface area contributed by atoms with E-state index in [9.17, 15) is 27.5 Å². The molecule has 1 aromatic carbocycles. The van der Waals surface area contributed by atoms with Crippen molar-refractivity contribution in [3.8, 4) is 17.0 Å². The van der Waals surface area contributed by atoms with E-state index in [1.807, 2.05) is 17.0 Å². The van der Waals surface area contributed by atoms with Crippen molar-refractivity contribution in [3.63, 3.8) is 0 Å². The smallest absolute Gasteiger partial charge is 0.550 e. The van der Waals surface area contributed by atoms with Gasteiger partial charge in [0.15, 0.2) is 11.6 Å². The number of carbonyl (C=O) groups is 1. The molecule has 0 radical (unpaired) electrons. The maximum atomic E-state index is 15.1. The van der Waals surface area contributed by atoms with Crippen LogP contribution in [0.4, 0.5) is 27.8 Å². The quantitative estimate of drug-likeness (QED) is 0.280. The van der Waals surface area contributed by atoms with Crippen LogP contribution in [-0.2, 0) is 11.4 Å². The number of benzene rings is 1. The molecule has 2 fully saturated rings. The van der Waals surface area contributed by atoms with Crippen LogP contribution in [0.5, 0.6) is 5.75 Å². The van der Waals surface area contributed by atoms with Crippen molar-refractivity contribution < 1.29 is 66.1 Å². The average Bonchev–Trinajstić information content (AvgIpc) is 2.96. The summed E-state index contributed by atoms with van der Waals surface area (Å²) < 4.78 is 73.5. The SMILES string of the molecule is Cc1nc(C2CCN(CC(F)(F)F)CC2)ccc1COc1c(F)cc(F)cc1-c1cccc(N2CCC(C(=O)[O-])CC2)n1.[Na+]. The monoisotopic (exact) mass is 626 g/mol. The second-order valence-electron chi connectivity index (χ2n) is 11.2. The van der Waals surface area contributed by atoms with Gasteiger partial charge in [0.1, 0.15) is 18.2 Å². The van der Waals surface area contributed by atoms with Crippen LogP contribution in [0, 0.1) is 24.5 Å². The predicted molar refractivity (Wildman–Crippen MR) is 147 cm³/mol. The third-order valence-corrected chi connectivity index (χ3v) is 8.17. The molecule has 3 aromatic rings. The number of aryl methyl sites for hydroxylation is 1. The molecule has 2 aliphatic heterocycles. The summed E-state index contributed by atoms with van der Waals surface area (Å²) in [7, 11) is 0. The number of ether oxygens (including phenoxy) is 1. The second-order valence-corrected chi connectivity index (χ2v) is 11.2. The van der Waals surface area contributed by atoms with Crippen molar-refractivity contribution in [2.45, 2.75) is 51.3 Å². The van der Waals surface area contributed by atoms with Crippen molar-refractivity contribution in [1.29, 1.82) is 0 Å². The first-order chi connectivity index (χ1) is 20.5. The number of likely N-dealkylation sites (tertiary alicyclic amines) is 1. The summed E-state index contributed by atoms with van der Waals surface area (Å²) >= 11 is 0. The number of aliphatic carboxylic acids is 1. The molecule has 2 aromatic heterocycles. The number of alkyl halides is 3. The van der Waals surface area contributed by atoms with Gasteiger partial charge in [0.25, 0.3) is 0 Å². The Balaban J connectivity index is 0.00000442. The fourth-order valence-electron chi connectivity index (χ4n) is 5.77. The summed E-state index contributed by atoms with van der Waals surface area (Å²) in [6.45, 7) is 2.45. The zero-order chi connectivity index (χ0) is 30.7. The van der Waals surface area contributed by atoms with Crippen LogP contribution >= 0.6 is 0 Å². The Morgan fingerprint density at radius 3 is 2.34 bits per heavy atom. The Labute approximate surface area is 274 Å². The number of pyridine rings is 2. The molecule has 0 spiro atoms. The number of anilines is 1. The Bertz CT molecular complexity index is 1460. The third-order valence-electron chi connectivity index (χ3n) is 8.17. The molecule has 230 valence electrons. The first kappa shape index (κ1) is 34.1. The number of rotatable bonds is 8. The fraction of sp³-hybridized carbons (Fsp3) is 0.452. The second kappa shape index (κ2) is 14.5. The molecular weight excluding hydrogens is 594 g/mol. The van der Waals surface area contributed by atoms with E-state index in [-0.39, 0.29) is 53.4 Å². The van der Waals surface area contributed by atoms with E-state index in [1.54, 1.807) is 25.1 Å². The summed E-state index contributed by atoms with van der Waals surface area (Å²) in [4.78, 5) is 23.8. The van der Waals surface area contributed by atoms with E-state index in [0.717, 1.165) is 17.8 Å². The van der Waals surface area contributed by atoms with Gasteiger partial charge in [0.05, 0.1) is 12.2 Å². The maximum Gasteiger partial charge on any atom is 1.00 e. The number of halogens is 5. The van der Waals surface area contributed by atoms with E-state index in [4.69, 9.17) is 4.74 Å². The zero-order valence-corrected chi connectivity index (χ0v) is 26.7. The van der Waals surface area contributed by atoms with Gasteiger partial charge in [-0.05, 0) is 70.0 Å². The standard InChI is InChI=1S/C31H33F5N4O3.Na/c1-19-22(5-6-26(37-19)20-7-11-39(12-8-20)18-31(34,35)36)17-43-29-24(15-23(32)16-25(29)33)27-3-2-4-28(38-27)40-13-9-21(10-14-40)30(41)42;/h2-6,15-16,20-21H,7-14,17-18H2,1H3,(H,41,42);/q;+1/p-1. The molecule has 44 heavy (non-hydrogen) atoms. The molecule has 5 rings (SSSR count). The fourth-order valence-corrected chi connectivity index (χ4v) is 5.77. The molecule has 4 heterocycles. The van der Waals surface area contributed by atoms with Gasteiger partial charge in [-0.25, -0.2) is 13.8 Å². The molecule has 0 aliphatic carbocycles. The minimum absolute atomic E-state index is 0. The Morgan fingerprint density at radius 1 is 1.00 bits per heavy atom. The van der Waals surface area contributed by atoms with Gasteiger partial charge in [0, 0.05) is 59.5 Å². The predicted octanol–water partition coefficient (Wildman–Crippen LogP) is 2.02. The van der Waals surface area contributed by atoms with Crippen molar-refractivity contribution in [2.24, 2.45) is 5.92 Å². The molecule has 0 bridgehead atoms. The molecule has 7 nitrogen and oxygen atoms in total. The molecule has 0 amide bonds. The summed E-state index contributed by atoms with van der Waals surface area (Å²) in [5.74, 6) is -2.81. The van der Waals surface area contributed by atoms with Crippen LogP contribution in [0.2, 0.25) is 0 Å². The number of carboxylic acids is 1. The normalized spacial score (nSPS) is 16.9. The van der Waals surface area contributed by atoms with Crippen LogP contribution in [-0.4, -0.2) is 59.7 Å². The Hall–Kier alpha value is -2.80. The van der Waals surface area contributed by atoms with Gasteiger partial charge >= 0.3 is 35.7 Å². The minimum atomic E-state index is -4.22. The van der Waals surface area contributed by atoms with Gasteiger partial charge in [-0.3, -0.25) is 9.88 Å². The van der Waals surface area contributed by atoms with E-state index >= 15 is 4.39 Å². The topological polar surface area (TPSA) is 81.6 Å². The Morgan fingerprint density at radius 2 is 1.70 bits per heavy atom. The number of carboxylic acid groups (broad SMARTS) is 1. The van der Waals surface area contributed by atoms with Gasteiger partial charge in [0.2, 0.25) is 0 Å². The van der Waals surface area contributed by atoms with Crippen LogP contribution in [0.25, 0.3) is 11.3 Å². The summed E-state index contributed by atoms with van der Waals surface area (Å²) in [6, 6.07) is 10.6. The molecule has 0 unspecified atom stereocenters. The van der Waals surface area contributed by atoms with E-state index < -0.39 is 36.2 Å². The van der Waals surface area contributed by atoms with E-state index in [1.165, 1.54) is 4.90 Å². The van der Waals surface area contributed by atoms with Crippen LogP contribution in [0.1, 0.15) is 48.6 Å². The van der Waals surface area contributed by atoms with Crippen molar-refractivity contribution >= 4 is 11.8 Å². The van der Waals surface area contributed by atoms with Crippen molar-refractivity contribution in [2.75, 3.05) is 37.6 Å². The number of hydrogen-bond acceptors (Lipinski definition) is 7. The Kier molecular flexibility index (Phi) is 11.3. The van der Waals surface area contributed by atoms with E-state index in [0.29, 0.717) is 74.6 Å². The van der Waals surface area contributed by atoms with Crippen LogP contribution in [0.3, 0.4) is 0 Å². The average molecular weight is 627 g/mol.